The molecule has 0 atom stereocenters. The van der Waals surface area contributed by atoms with Crippen LogP contribution in [0.5, 0.6) is 5.75 Å². The van der Waals surface area contributed by atoms with Gasteiger partial charge in [-0.05, 0) is 27.7 Å². The zero-order chi connectivity index (χ0) is 14.4. The molecule has 0 spiro atoms. The number of hydrogen-bond donors (Lipinski definition) is 0. The van der Waals surface area contributed by atoms with Crippen LogP contribution in [0.25, 0.3) is 0 Å². The molecule has 0 amide bonds. The Morgan fingerprint density at radius 3 is 1.79 bits per heavy atom. The van der Waals surface area contributed by atoms with Crippen LogP contribution in [0.3, 0.4) is 0 Å². The van der Waals surface area contributed by atoms with Gasteiger partial charge in [-0.2, -0.15) is 0 Å². The van der Waals surface area contributed by atoms with Gasteiger partial charge in [-0.1, -0.05) is 0 Å². The normalized spacial score (nSPS) is 20.7. The summed E-state index contributed by atoms with van der Waals surface area (Å²) < 4.78 is 44.0. The fourth-order valence-electron chi connectivity index (χ4n) is 1.86. The maximum absolute atomic E-state index is 14.0. The third kappa shape index (κ3) is 2.34. The molecule has 1 aliphatic heterocycles. The smallest absolute Gasteiger partial charge is 0.497 e. The van der Waals surface area contributed by atoms with Crippen molar-refractivity contribution in [3.05, 3.63) is 23.8 Å². The van der Waals surface area contributed by atoms with Crippen molar-refractivity contribution in [2.45, 2.75) is 38.9 Å². The van der Waals surface area contributed by atoms with E-state index in [0.717, 1.165) is 12.1 Å². The van der Waals surface area contributed by atoms with Gasteiger partial charge in [-0.3, -0.25) is 0 Å². The fraction of sp³-hybridized carbons (Fsp3) is 0.538. The summed E-state index contributed by atoms with van der Waals surface area (Å²) in [5.41, 5.74) is -1.51. The highest BCUT2D eigenvalue weighted by atomic mass is 19.1. The second kappa shape index (κ2) is 4.46. The van der Waals surface area contributed by atoms with E-state index in [1.807, 2.05) is 27.7 Å². The Kier molecular flexibility index (Phi) is 3.35. The van der Waals surface area contributed by atoms with Crippen LogP contribution >= 0.6 is 0 Å². The standard InChI is InChI=1S/C13H17BF2O3/c1-12(2)13(3,4)19-14(18-12)11-9(15)6-8(17-5)7-10(11)16/h6-7H,1-5H3. The van der Waals surface area contributed by atoms with Gasteiger partial charge in [-0.25, -0.2) is 8.78 Å². The molecule has 1 heterocycles. The molecule has 0 aromatic heterocycles. The third-order valence-corrected chi connectivity index (χ3v) is 3.78. The van der Waals surface area contributed by atoms with Crippen molar-refractivity contribution in [2.75, 3.05) is 7.11 Å². The van der Waals surface area contributed by atoms with E-state index in [0.29, 0.717) is 0 Å². The highest BCUT2D eigenvalue weighted by Gasteiger charge is 2.53. The summed E-state index contributed by atoms with van der Waals surface area (Å²) in [6.07, 6.45) is 0. The molecular formula is C13H17BF2O3. The van der Waals surface area contributed by atoms with E-state index in [4.69, 9.17) is 14.0 Å². The van der Waals surface area contributed by atoms with Crippen molar-refractivity contribution in [1.82, 2.24) is 0 Å². The van der Waals surface area contributed by atoms with Crippen LogP contribution in [0.2, 0.25) is 0 Å². The van der Waals surface area contributed by atoms with E-state index in [2.05, 4.69) is 0 Å². The van der Waals surface area contributed by atoms with Gasteiger partial charge in [-0.15, -0.1) is 0 Å². The van der Waals surface area contributed by atoms with Crippen molar-refractivity contribution < 1.29 is 22.8 Å². The lowest BCUT2D eigenvalue weighted by Gasteiger charge is -2.32. The van der Waals surface area contributed by atoms with Gasteiger partial charge in [0.1, 0.15) is 17.4 Å². The first kappa shape index (κ1) is 14.3. The first-order valence-electron chi connectivity index (χ1n) is 6.06. The first-order chi connectivity index (χ1) is 8.68. The highest BCUT2D eigenvalue weighted by Crippen LogP contribution is 2.37. The molecule has 0 N–H and O–H groups in total. The number of ether oxygens (including phenoxy) is 1. The van der Waals surface area contributed by atoms with Crippen LogP contribution in [0, 0.1) is 11.6 Å². The average molecular weight is 270 g/mol. The molecule has 6 heteroatoms. The van der Waals surface area contributed by atoms with Crippen LogP contribution in [0.15, 0.2) is 12.1 Å². The van der Waals surface area contributed by atoms with Gasteiger partial charge in [0.15, 0.2) is 0 Å². The summed E-state index contributed by atoms with van der Waals surface area (Å²) in [4.78, 5) is 0. The maximum atomic E-state index is 14.0. The average Bonchev–Trinajstić information content (AvgIpc) is 2.46. The molecule has 1 saturated heterocycles. The molecule has 0 aliphatic carbocycles. The number of rotatable bonds is 2. The first-order valence-corrected chi connectivity index (χ1v) is 6.06. The Labute approximate surface area is 112 Å². The van der Waals surface area contributed by atoms with Gasteiger partial charge in [0.25, 0.3) is 0 Å². The van der Waals surface area contributed by atoms with Crippen molar-refractivity contribution in [2.24, 2.45) is 0 Å². The maximum Gasteiger partial charge on any atom is 0.500 e. The van der Waals surface area contributed by atoms with E-state index in [-0.39, 0.29) is 11.2 Å². The van der Waals surface area contributed by atoms with Gasteiger partial charge < -0.3 is 14.0 Å². The fourth-order valence-corrected chi connectivity index (χ4v) is 1.86. The van der Waals surface area contributed by atoms with Crippen LogP contribution in [-0.2, 0) is 9.31 Å². The molecular weight excluding hydrogens is 253 g/mol. The monoisotopic (exact) mass is 270 g/mol. The molecule has 1 aromatic rings. The van der Waals surface area contributed by atoms with E-state index in [1.165, 1.54) is 7.11 Å². The number of benzene rings is 1. The van der Waals surface area contributed by atoms with Crippen molar-refractivity contribution in [1.29, 1.82) is 0 Å². The summed E-state index contributed by atoms with van der Waals surface area (Å²) in [6, 6.07) is 2.23. The van der Waals surface area contributed by atoms with E-state index in [1.54, 1.807) is 0 Å². The Morgan fingerprint density at radius 1 is 1.00 bits per heavy atom. The summed E-state index contributed by atoms with van der Waals surface area (Å²) in [6.45, 7) is 7.30. The second-order valence-corrected chi connectivity index (χ2v) is 5.59. The zero-order valence-corrected chi connectivity index (χ0v) is 11.7. The van der Waals surface area contributed by atoms with E-state index < -0.39 is 30.0 Å². The number of halogens is 2. The predicted octanol–water partition coefficient (Wildman–Crippen LogP) is 2.27. The Balaban J connectivity index is 2.40. The molecule has 0 unspecified atom stereocenters. The molecule has 2 rings (SSSR count). The minimum Gasteiger partial charge on any atom is -0.497 e. The lowest BCUT2D eigenvalue weighted by molar-refractivity contribution is 0.00578. The Bertz CT molecular complexity index is 464. The zero-order valence-electron chi connectivity index (χ0n) is 11.7. The Morgan fingerprint density at radius 2 is 1.42 bits per heavy atom. The number of methoxy groups -OCH3 is 1. The highest BCUT2D eigenvalue weighted by molar-refractivity contribution is 6.62. The van der Waals surface area contributed by atoms with Crippen molar-refractivity contribution in [3.8, 4) is 5.75 Å². The minimum absolute atomic E-state index is 0.121. The molecule has 1 aliphatic rings. The molecule has 19 heavy (non-hydrogen) atoms. The van der Waals surface area contributed by atoms with Crippen LogP contribution in [0.1, 0.15) is 27.7 Å². The molecule has 1 fully saturated rings. The third-order valence-electron chi connectivity index (χ3n) is 3.78. The van der Waals surface area contributed by atoms with Gasteiger partial charge >= 0.3 is 7.12 Å². The van der Waals surface area contributed by atoms with Gasteiger partial charge in [0, 0.05) is 12.1 Å². The molecule has 1 aromatic carbocycles. The minimum atomic E-state index is -1.06. The molecule has 104 valence electrons. The summed E-state index contributed by atoms with van der Waals surface area (Å²) in [5, 5.41) is 0. The van der Waals surface area contributed by atoms with E-state index >= 15 is 0 Å². The lowest BCUT2D eigenvalue weighted by atomic mass is 9.78. The van der Waals surface area contributed by atoms with Gasteiger partial charge in [0.05, 0.1) is 23.8 Å². The summed E-state index contributed by atoms with van der Waals surface area (Å²) in [5.74, 6) is -1.36. The SMILES string of the molecule is COc1cc(F)c(B2OC(C)(C)C(C)(C)O2)c(F)c1. The summed E-state index contributed by atoms with van der Waals surface area (Å²) >= 11 is 0. The van der Waals surface area contributed by atoms with Crippen LogP contribution in [-0.4, -0.2) is 25.4 Å². The quantitative estimate of drug-likeness (QED) is 0.771. The van der Waals surface area contributed by atoms with Crippen molar-refractivity contribution in [3.63, 3.8) is 0 Å². The van der Waals surface area contributed by atoms with E-state index in [9.17, 15) is 8.78 Å². The summed E-state index contributed by atoms with van der Waals surface area (Å²) in [7, 11) is 0.291. The molecule has 0 saturated carbocycles. The molecule has 3 nitrogen and oxygen atoms in total. The topological polar surface area (TPSA) is 27.7 Å². The lowest BCUT2D eigenvalue weighted by Crippen LogP contribution is -2.41. The predicted molar refractivity (Wildman–Crippen MR) is 68.6 cm³/mol. The van der Waals surface area contributed by atoms with Gasteiger partial charge in [0.2, 0.25) is 0 Å². The molecule has 0 radical (unpaired) electrons. The van der Waals surface area contributed by atoms with Crippen LogP contribution < -0.4 is 10.2 Å². The largest absolute Gasteiger partial charge is 0.500 e. The number of hydrogen-bond acceptors (Lipinski definition) is 3. The van der Waals surface area contributed by atoms with Crippen LogP contribution in [0.4, 0.5) is 8.78 Å². The molecule has 0 bridgehead atoms. The second-order valence-electron chi connectivity index (χ2n) is 5.59. The Hall–Kier alpha value is -1.14. The van der Waals surface area contributed by atoms with Crippen molar-refractivity contribution >= 4 is 12.6 Å².